The van der Waals surface area contributed by atoms with Crippen LogP contribution < -0.4 is 4.90 Å². The van der Waals surface area contributed by atoms with Gasteiger partial charge in [0.05, 0.1) is 27.6 Å². The summed E-state index contributed by atoms with van der Waals surface area (Å²) in [6, 6.07) is 73.2. The lowest BCUT2D eigenvalue weighted by Gasteiger charge is -2.25. The molecule has 3 aromatic heterocycles. The summed E-state index contributed by atoms with van der Waals surface area (Å²) in [7, 11) is 0. The van der Waals surface area contributed by atoms with Crippen LogP contribution in [0.2, 0.25) is 0 Å². The van der Waals surface area contributed by atoms with Crippen LogP contribution in [0.3, 0.4) is 0 Å². The third-order valence-corrected chi connectivity index (χ3v) is 11.6. The number of hydrogen-bond donors (Lipinski definition) is 0. The van der Waals surface area contributed by atoms with Crippen molar-refractivity contribution in [2.45, 2.75) is 0 Å². The molecule has 12 rings (SSSR count). The summed E-state index contributed by atoms with van der Waals surface area (Å²) in [4.78, 5) is 2.32. The molecule has 3 heteroatoms. The minimum absolute atomic E-state index is 1.11. The fraction of sp³-hybridized carbons (Fsp3) is 0. The molecule has 3 heterocycles. The third kappa shape index (κ3) is 4.32. The van der Waals surface area contributed by atoms with Crippen LogP contribution >= 0.6 is 0 Å². The van der Waals surface area contributed by atoms with E-state index in [0.717, 1.165) is 22.7 Å². The molecule has 0 radical (unpaired) electrons. The molecule has 9 aromatic carbocycles. The van der Waals surface area contributed by atoms with Crippen molar-refractivity contribution in [1.29, 1.82) is 0 Å². The molecule has 12 aromatic rings. The molecule has 0 fully saturated rings. The highest BCUT2D eigenvalue weighted by atomic mass is 15.1. The van der Waals surface area contributed by atoms with Crippen LogP contribution in [-0.2, 0) is 0 Å². The summed E-state index contributed by atoms with van der Waals surface area (Å²) in [5.41, 5.74) is 13.0. The molecule has 3 nitrogen and oxygen atoms in total. The zero-order valence-corrected chi connectivity index (χ0v) is 29.9. The number of aromatic nitrogens is 2. The highest BCUT2D eigenvalue weighted by Gasteiger charge is 2.24. The van der Waals surface area contributed by atoms with Gasteiger partial charge in [-0.1, -0.05) is 121 Å². The van der Waals surface area contributed by atoms with Crippen LogP contribution in [0.5, 0.6) is 0 Å². The molecule has 0 unspecified atom stereocenters. The highest BCUT2D eigenvalue weighted by Crippen LogP contribution is 2.47. The van der Waals surface area contributed by atoms with Crippen molar-refractivity contribution in [2.24, 2.45) is 0 Å². The molecule has 0 N–H and O–H groups in total. The first kappa shape index (κ1) is 30.1. The highest BCUT2D eigenvalue weighted by molar-refractivity contribution is 6.33. The molecule has 0 atom stereocenters. The minimum Gasteiger partial charge on any atom is -0.311 e. The second-order valence-corrected chi connectivity index (χ2v) is 14.5. The molecule has 55 heavy (non-hydrogen) atoms. The Balaban J connectivity index is 1.21. The molecule has 0 saturated carbocycles. The van der Waals surface area contributed by atoms with Gasteiger partial charge in [0.1, 0.15) is 0 Å². The Kier molecular flexibility index (Phi) is 6.34. The Hall–Kier alpha value is -7.36. The number of fused-ring (bicyclic) bond motifs is 7. The predicted molar refractivity (Wildman–Crippen MR) is 233 cm³/mol. The Bertz CT molecular complexity index is 3370. The van der Waals surface area contributed by atoms with Crippen LogP contribution in [0.15, 0.2) is 200 Å². The maximum absolute atomic E-state index is 2.52. The van der Waals surface area contributed by atoms with Gasteiger partial charge in [0.25, 0.3) is 0 Å². The van der Waals surface area contributed by atoms with E-state index in [1.54, 1.807) is 0 Å². The fourth-order valence-corrected chi connectivity index (χ4v) is 9.30. The zero-order chi connectivity index (χ0) is 36.0. The molecule has 256 valence electrons. The van der Waals surface area contributed by atoms with Gasteiger partial charge < -0.3 is 13.9 Å². The van der Waals surface area contributed by atoms with Crippen molar-refractivity contribution in [3.05, 3.63) is 200 Å². The van der Waals surface area contributed by atoms with E-state index < -0.39 is 0 Å². The second-order valence-electron chi connectivity index (χ2n) is 14.5. The predicted octanol–water partition coefficient (Wildman–Crippen LogP) is 14.2. The molecule has 0 spiro atoms. The van der Waals surface area contributed by atoms with Crippen LogP contribution in [-0.4, -0.2) is 8.97 Å². The van der Waals surface area contributed by atoms with Gasteiger partial charge in [-0.3, -0.25) is 0 Å². The first-order chi connectivity index (χ1) is 27.3. The van der Waals surface area contributed by atoms with E-state index >= 15 is 0 Å². The lowest BCUT2D eigenvalue weighted by Crippen LogP contribution is -2.09. The van der Waals surface area contributed by atoms with Gasteiger partial charge in [-0.05, 0) is 106 Å². The molecule has 0 aliphatic carbocycles. The monoisotopic (exact) mass is 699 g/mol. The van der Waals surface area contributed by atoms with Gasteiger partial charge in [-0.2, -0.15) is 0 Å². The molecular formula is C52H33N3. The summed E-state index contributed by atoms with van der Waals surface area (Å²) in [6.45, 7) is 0. The molecule has 0 saturated heterocycles. The van der Waals surface area contributed by atoms with Crippen molar-refractivity contribution >= 4 is 87.7 Å². The first-order valence-corrected chi connectivity index (χ1v) is 18.9. The Morgan fingerprint density at radius 3 is 1.64 bits per heavy atom. The van der Waals surface area contributed by atoms with Crippen molar-refractivity contribution in [3.8, 4) is 16.8 Å². The molecular weight excluding hydrogens is 667 g/mol. The molecule has 0 aliphatic heterocycles. The Labute approximate surface area is 317 Å². The van der Waals surface area contributed by atoms with E-state index in [-0.39, 0.29) is 0 Å². The van der Waals surface area contributed by atoms with E-state index in [1.807, 2.05) is 0 Å². The summed E-state index contributed by atoms with van der Waals surface area (Å²) in [5, 5.41) is 10.1. The average molecular weight is 700 g/mol. The van der Waals surface area contributed by atoms with E-state index in [0.29, 0.717) is 0 Å². The molecule has 0 aliphatic rings. The summed E-state index contributed by atoms with van der Waals surface area (Å²) >= 11 is 0. The van der Waals surface area contributed by atoms with Crippen molar-refractivity contribution in [1.82, 2.24) is 8.97 Å². The average Bonchev–Trinajstić information content (AvgIpc) is 3.73. The number of benzene rings is 9. The fourth-order valence-electron chi connectivity index (χ4n) is 9.30. The lowest BCUT2D eigenvalue weighted by molar-refractivity contribution is 1.17. The third-order valence-electron chi connectivity index (χ3n) is 11.6. The number of anilines is 3. The molecule has 0 bridgehead atoms. The number of hydrogen-bond acceptors (Lipinski definition) is 1. The van der Waals surface area contributed by atoms with Crippen molar-refractivity contribution < 1.29 is 0 Å². The Morgan fingerprint density at radius 1 is 0.345 bits per heavy atom. The van der Waals surface area contributed by atoms with Crippen LogP contribution in [0.4, 0.5) is 17.1 Å². The van der Waals surface area contributed by atoms with Gasteiger partial charge in [0.2, 0.25) is 0 Å². The van der Waals surface area contributed by atoms with Crippen LogP contribution in [0, 0.1) is 0 Å². The van der Waals surface area contributed by atoms with Gasteiger partial charge in [0, 0.05) is 49.7 Å². The normalized spacial score (nSPS) is 12.0. The van der Waals surface area contributed by atoms with Crippen molar-refractivity contribution in [2.75, 3.05) is 4.90 Å². The number of para-hydroxylation sites is 4. The zero-order valence-electron chi connectivity index (χ0n) is 29.9. The lowest BCUT2D eigenvalue weighted by atomic mass is 9.94. The van der Waals surface area contributed by atoms with Gasteiger partial charge in [-0.25, -0.2) is 0 Å². The van der Waals surface area contributed by atoms with Crippen LogP contribution in [0.25, 0.3) is 87.5 Å². The van der Waals surface area contributed by atoms with Crippen LogP contribution in [0.1, 0.15) is 0 Å². The number of nitrogens with zero attached hydrogens (tertiary/aromatic N) is 3. The van der Waals surface area contributed by atoms with E-state index in [9.17, 15) is 0 Å². The summed E-state index contributed by atoms with van der Waals surface area (Å²) < 4.78 is 5.02. The Morgan fingerprint density at radius 2 is 0.927 bits per heavy atom. The topological polar surface area (TPSA) is 12.6 Å². The maximum atomic E-state index is 2.52. The van der Waals surface area contributed by atoms with Crippen molar-refractivity contribution in [3.63, 3.8) is 0 Å². The first-order valence-electron chi connectivity index (χ1n) is 18.9. The van der Waals surface area contributed by atoms with Gasteiger partial charge in [0.15, 0.2) is 0 Å². The quantitative estimate of drug-likeness (QED) is 0.174. The smallest absolute Gasteiger partial charge is 0.0641 e. The van der Waals surface area contributed by atoms with Gasteiger partial charge in [-0.15, -0.1) is 0 Å². The van der Waals surface area contributed by atoms with E-state index in [2.05, 4.69) is 214 Å². The van der Waals surface area contributed by atoms with E-state index in [4.69, 9.17) is 0 Å². The maximum Gasteiger partial charge on any atom is 0.0641 e. The SMILES string of the molecule is c1ccc(N(c2ccccc2)c2ccc(-n3c4cc(-c5cccc6ccccc56)cc5c6ccccc6n6c7ccccc7c7ccc3c(c54)c76)cc2)cc1. The molecule has 0 amide bonds. The summed E-state index contributed by atoms with van der Waals surface area (Å²) in [5.74, 6) is 0. The second kappa shape index (κ2) is 11.6. The largest absolute Gasteiger partial charge is 0.311 e. The van der Waals surface area contributed by atoms with Gasteiger partial charge >= 0.3 is 0 Å². The minimum atomic E-state index is 1.11. The van der Waals surface area contributed by atoms with E-state index in [1.165, 1.54) is 81.8 Å². The summed E-state index contributed by atoms with van der Waals surface area (Å²) in [6.07, 6.45) is 0. The standard InChI is InChI=1S/C52H33N3/c1-3-16-36(17-4-1)53(37-18-5-2-6-19-37)38-26-28-39(29-27-38)54-48-31-30-44-42-21-9-11-24-46(42)55-47-25-12-10-22-43(47)45-32-35(33-49(54)50(45)51(48)52(44)55)41-23-13-15-34-14-7-8-20-40(34)41/h1-33H. The number of rotatable bonds is 5.